The molecule has 0 fully saturated rings. The van der Waals surface area contributed by atoms with Crippen molar-refractivity contribution < 1.29 is 34.2 Å². The van der Waals surface area contributed by atoms with Crippen molar-refractivity contribution in [3.05, 3.63) is 71.6 Å². The maximum absolute atomic E-state index is 11.5. The average molecular weight is 370 g/mol. The van der Waals surface area contributed by atoms with E-state index in [0.29, 0.717) is 10.2 Å². The molecular weight excluding hydrogens is 355 g/mol. The minimum absolute atomic E-state index is 0. The first kappa shape index (κ1) is 20.7. The maximum Gasteiger partial charge on any atom is 1.00 e. The van der Waals surface area contributed by atoms with Crippen LogP contribution < -0.4 is 24.6 Å². The van der Waals surface area contributed by atoms with Gasteiger partial charge < -0.3 is 16.3 Å². The number of aromatic carboxylic acids is 1. The van der Waals surface area contributed by atoms with Crippen LogP contribution in [0.4, 0.5) is 5.69 Å². The Morgan fingerprint density at radius 2 is 1.52 bits per heavy atom. The number of hydrogen-bond donors (Lipinski definition) is 2. The molecule has 0 unspecified atom stereocenters. The molecule has 0 aliphatic rings. The number of fused-ring (bicyclic) bond motifs is 1. The van der Waals surface area contributed by atoms with Gasteiger partial charge in [-0.25, -0.2) is 9.78 Å². The fourth-order valence-corrected chi connectivity index (χ4v) is 3.84. The van der Waals surface area contributed by atoms with E-state index < -0.39 is 5.97 Å². The Morgan fingerprint density at radius 1 is 0.963 bits per heavy atom. The smallest absolute Gasteiger partial charge is 0.870 e. The van der Waals surface area contributed by atoms with Gasteiger partial charge in [0.25, 0.3) is 0 Å². The third kappa shape index (κ3) is 3.75. The van der Waals surface area contributed by atoms with E-state index in [-0.39, 0.29) is 34.9 Å². The summed E-state index contributed by atoms with van der Waals surface area (Å²) in [6.45, 7) is 0. The minimum Gasteiger partial charge on any atom is -0.870 e. The molecule has 0 bridgehead atoms. The molecule has 0 spiro atoms. The topological polar surface area (TPSA) is 106 Å². The summed E-state index contributed by atoms with van der Waals surface area (Å²) in [6, 6.07) is 21.6. The number of nitrogen functional groups attached to an aromatic ring is 1. The number of benzene rings is 2. The van der Waals surface area contributed by atoms with Crippen LogP contribution in [0.5, 0.6) is 0 Å². The predicted molar refractivity (Wildman–Crippen MR) is 104 cm³/mol. The fourth-order valence-electron chi connectivity index (χ4n) is 2.88. The van der Waals surface area contributed by atoms with Gasteiger partial charge >= 0.3 is 24.8 Å². The monoisotopic (exact) mass is 370 g/mol. The number of nitrogens with zero attached hydrogens (tertiary/aromatic N) is 1. The second kappa shape index (κ2) is 8.38. The van der Waals surface area contributed by atoms with E-state index in [9.17, 15) is 9.90 Å². The molecule has 5 nitrogen and oxygen atoms in total. The van der Waals surface area contributed by atoms with Crippen molar-refractivity contribution in [3.8, 4) is 22.4 Å². The molecule has 2 heterocycles. The summed E-state index contributed by atoms with van der Waals surface area (Å²) in [5.41, 5.74) is 10.1. The van der Waals surface area contributed by atoms with Crippen molar-refractivity contribution in [1.82, 2.24) is 4.98 Å². The number of carboxylic acid groups (broad SMARTS) is 1. The van der Waals surface area contributed by atoms with Gasteiger partial charge in [0.2, 0.25) is 0 Å². The van der Waals surface area contributed by atoms with Gasteiger partial charge in [0.1, 0.15) is 9.71 Å². The van der Waals surface area contributed by atoms with Crippen LogP contribution in [0.15, 0.2) is 66.7 Å². The zero-order valence-electron chi connectivity index (χ0n) is 14.6. The number of rotatable bonds is 3. The molecule has 130 valence electrons. The van der Waals surface area contributed by atoms with E-state index in [1.54, 1.807) is 0 Å². The summed E-state index contributed by atoms with van der Waals surface area (Å²) in [4.78, 5) is 16.9. The fraction of sp³-hybridized carbons (Fsp3) is 0. The van der Waals surface area contributed by atoms with E-state index in [0.717, 1.165) is 33.7 Å². The summed E-state index contributed by atoms with van der Waals surface area (Å²) >= 11 is 1.11. The first-order valence-corrected chi connectivity index (χ1v) is 8.54. The van der Waals surface area contributed by atoms with Crippen LogP contribution in [0, 0.1) is 0 Å². The molecule has 4 aromatic rings. The number of anilines is 1. The van der Waals surface area contributed by atoms with Crippen LogP contribution >= 0.6 is 11.3 Å². The molecule has 4 N–H and O–H groups in total. The van der Waals surface area contributed by atoms with Gasteiger partial charge in [-0.3, -0.25) is 0 Å². The second-order valence-electron chi connectivity index (χ2n) is 5.62. The van der Waals surface area contributed by atoms with Crippen molar-refractivity contribution in [1.29, 1.82) is 0 Å². The third-order valence-electron chi connectivity index (χ3n) is 4.05. The van der Waals surface area contributed by atoms with Crippen molar-refractivity contribution in [2.75, 3.05) is 5.73 Å². The summed E-state index contributed by atoms with van der Waals surface area (Å²) in [5.74, 6) is -1.03. The van der Waals surface area contributed by atoms with Crippen LogP contribution in [0.25, 0.3) is 32.6 Å². The number of aromatic nitrogens is 1. The SMILES string of the molecule is Nc1c(C(=O)O)sc2nc(-c3ccccc3)cc(-c3ccccc3)c12.[Li+].[OH-]. The number of thiophene rings is 1. The molecule has 27 heavy (non-hydrogen) atoms. The molecule has 0 saturated carbocycles. The molecule has 7 heteroatoms. The Kier molecular flexibility index (Phi) is 6.42. The van der Waals surface area contributed by atoms with E-state index in [4.69, 9.17) is 5.73 Å². The number of nitrogens with two attached hydrogens (primary N) is 1. The van der Waals surface area contributed by atoms with Crippen molar-refractivity contribution in [2.45, 2.75) is 0 Å². The molecular formula is C20H15LiN2O3S. The van der Waals surface area contributed by atoms with Crippen molar-refractivity contribution >= 4 is 33.2 Å². The molecule has 0 atom stereocenters. The van der Waals surface area contributed by atoms with Crippen molar-refractivity contribution in [2.24, 2.45) is 0 Å². The van der Waals surface area contributed by atoms with Gasteiger partial charge in [0.05, 0.1) is 11.4 Å². The van der Waals surface area contributed by atoms with Gasteiger partial charge in [0.15, 0.2) is 0 Å². The standard InChI is InChI=1S/C20H14N2O2S.Li.H2O/c21-17-16-14(12-7-3-1-4-8-12)11-15(13-9-5-2-6-10-13)22-19(16)25-18(17)20(23)24;;/h1-11H,21H2,(H,23,24);;1H2/q;+1;/p-1. The zero-order chi connectivity index (χ0) is 17.4. The van der Waals surface area contributed by atoms with Crippen LogP contribution in [0.2, 0.25) is 0 Å². The van der Waals surface area contributed by atoms with Gasteiger partial charge in [-0.15, -0.1) is 11.3 Å². The maximum atomic E-state index is 11.5. The van der Waals surface area contributed by atoms with Gasteiger partial charge in [0, 0.05) is 10.9 Å². The van der Waals surface area contributed by atoms with E-state index in [1.165, 1.54) is 0 Å². The largest absolute Gasteiger partial charge is 1.00 e. The van der Waals surface area contributed by atoms with E-state index in [1.807, 2.05) is 66.7 Å². The molecule has 0 radical (unpaired) electrons. The van der Waals surface area contributed by atoms with Crippen molar-refractivity contribution in [3.63, 3.8) is 0 Å². The Morgan fingerprint density at radius 3 is 2.07 bits per heavy atom. The molecule has 4 rings (SSSR count). The number of hydrogen-bond acceptors (Lipinski definition) is 5. The van der Waals surface area contributed by atoms with Gasteiger partial charge in [-0.2, -0.15) is 0 Å². The molecule has 0 saturated heterocycles. The average Bonchev–Trinajstić information content (AvgIpc) is 2.99. The van der Waals surface area contributed by atoms with Crippen LogP contribution in [0.3, 0.4) is 0 Å². The number of pyridine rings is 1. The first-order chi connectivity index (χ1) is 12.1. The Labute approximate surface area is 172 Å². The molecule has 0 aliphatic heterocycles. The number of carbonyl (C=O) groups is 1. The molecule has 0 aliphatic carbocycles. The van der Waals surface area contributed by atoms with Gasteiger partial charge in [-0.05, 0) is 17.2 Å². The molecule has 2 aromatic heterocycles. The third-order valence-corrected chi connectivity index (χ3v) is 5.13. The number of carboxylic acids is 1. The van der Waals surface area contributed by atoms with Crippen LogP contribution in [-0.4, -0.2) is 21.5 Å². The Balaban J connectivity index is 0.00000131. The predicted octanol–water partition coefficient (Wildman–Crippen LogP) is 1.74. The Hall–Kier alpha value is -2.62. The van der Waals surface area contributed by atoms with E-state index in [2.05, 4.69) is 4.98 Å². The zero-order valence-corrected chi connectivity index (χ0v) is 15.4. The minimum atomic E-state index is -1.03. The quantitative estimate of drug-likeness (QED) is 0.534. The summed E-state index contributed by atoms with van der Waals surface area (Å²) < 4.78 is 0. The van der Waals surface area contributed by atoms with Gasteiger partial charge in [-0.1, -0.05) is 60.7 Å². The summed E-state index contributed by atoms with van der Waals surface area (Å²) in [6.07, 6.45) is 0. The molecule has 0 amide bonds. The van der Waals surface area contributed by atoms with Crippen LogP contribution in [-0.2, 0) is 0 Å². The molecule has 2 aromatic carbocycles. The van der Waals surface area contributed by atoms with E-state index >= 15 is 0 Å². The van der Waals surface area contributed by atoms with Crippen LogP contribution in [0.1, 0.15) is 9.67 Å². The second-order valence-corrected chi connectivity index (χ2v) is 6.62. The summed E-state index contributed by atoms with van der Waals surface area (Å²) in [7, 11) is 0. The summed E-state index contributed by atoms with van der Waals surface area (Å²) in [5, 5.41) is 10.1. The normalized spacial score (nSPS) is 10.1. The Bertz CT molecular complexity index is 1080. The first-order valence-electron chi connectivity index (χ1n) is 7.72.